The molecule has 0 unspecified atom stereocenters. The number of H-pyrrole nitrogens is 4. The van der Waals surface area contributed by atoms with Crippen molar-refractivity contribution in [3.05, 3.63) is 115 Å². The van der Waals surface area contributed by atoms with Gasteiger partial charge in [0.1, 0.15) is 12.7 Å². The summed E-state index contributed by atoms with van der Waals surface area (Å²) in [5.74, 6) is 0. The third-order valence-corrected chi connectivity index (χ3v) is 2.97. The first kappa shape index (κ1) is 23.6. The van der Waals surface area contributed by atoms with Crippen LogP contribution in [-0.4, -0.2) is 39.9 Å². The van der Waals surface area contributed by atoms with E-state index in [9.17, 15) is 19.2 Å². The minimum Gasteiger partial charge on any atom is -0.314 e. The molecule has 0 aliphatic carbocycles. The molecule has 30 heavy (non-hydrogen) atoms. The number of hydrogen-bond acceptors (Lipinski definition) is 8. The van der Waals surface area contributed by atoms with Crippen LogP contribution in [0.25, 0.3) is 0 Å². The SMILES string of the molecule is Cc1c[nH]c(=O)[nH]c1=O.Cc1c[nH]c(=O)[nH]c1=O.c1cncnc1.c1cncnc1. The summed E-state index contributed by atoms with van der Waals surface area (Å²) in [7, 11) is 0. The number of aromatic nitrogens is 8. The van der Waals surface area contributed by atoms with Crippen LogP contribution in [-0.2, 0) is 0 Å². The zero-order chi connectivity index (χ0) is 22.2. The second kappa shape index (κ2) is 13.7. The molecule has 12 nitrogen and oxygen atoms in total. The quantitative estimate of drug-likeness (QED) is 0.303. The number of aryl methyl sites for hydroxylation is 2. The van der Waals surface area contributed by atoms with E-state index in [1.165, 1.54) is 25.0 Å². The van der Waals surface area contributed by atoms with Crippen molar-refractivity contribution in [2.45, 2.75) is 13.8 Å². The van der Waals surface area contributed by atoms with Crippen molar-refractivity contribution in [1.29, 1.82) is 0 Å². The van der Waals surface area contributed by atoms with Crippen molar-refractivity contribution in [2.75, 3.05) is 0 Å². The molecule has 0 saturated carbocycles. The van der Waals surface area contributed by atoms with Crippen molar-refractivity contribution >= 4 is 0 Å². The van der Waals surface area contributed by atoms with Crippen LogP contribution in [0.15, 0.2) is 81.1 Å². The van der Waals surface area contributed by atoms with Crippen molar-refractivity contribution in [2.24, 2.45) is 0 Å². The summed E-state index contributed by atoms with van der Waals surface area (Å²) in [6.45, 7) is 3.24. The number of nitrogens with zero attached hydrogens (tertiary/aromatic N) is 4. The van der Waals surface area contributed by atoms with E-state index in [0.29, 0.717) is 11.1 Å². The molecule has 4 aromatic heterocycles. The number of nitrogens with one attached hydrogen (secondary N) is 4. The third-order valence-electron chi connectivity index (χ3n) is 2.97. The molecule has 0 saturated heterocycles. The molecule has 0 bridgehead atoms. The molecule has 0 radical (unpaired) electrons. The van der Waals surface area contributed by atoms with Crippen LogP contribution < -0.4 is 22.5 Å². The summed E-state index contributed by atoms with van der Waals surface area (Å²) in [6.07, 6.45) is 12.5. The topological polar surface area (TPSA) is 183 Å². The van der Waals surface area contributed by atoms with E-state index >= 15 is 0 Å². The Morgan fingerprint density at radius 3 is 1.10 bits per heavy atom. The van der Waals surface area contributed by atoms with Gasteiger partial charge in [0, 0.05) is 48.3 Å². The van der Waals surface area contributed by atoms with Gasteiger partial charge in [0.05, 0.1) is 0 Å². The summed E-state index contributed by atoms with van der Waals surface area (Å²) < 4.78 is 0. The van der Waals surface area contributed by atoms with E-state index in [1.807, 2.05) is 0 Å². The Kier molecular flexibility index (Phi) is 10.7. The highest BCUT2D eigenvalue weighted by atomic mass is 16.2. The zero-order valence-electron chi connectivity index (χ0n) is 16.2. The van der Waals surface area contributed by atoms with Crippen LogP contribution in [0.4, 0.5) is 0 Å². The Morgan fingerprint density at radius 1 is 0.600 bits per heavy atom. The fraction of sp³-hybridized carbons (Fsp3) is 0.111. The molecule has 0 spiro atoms. The summed E-state index contributed by atoms with van der Waals surface area (Å²) in [6, 6.07) is 3.56. The van der Waals surface area contributed by atoms with E-state index in [0.717, 1.165) is 0 Å². The molecule has 0 amide bonds. The van der Waals surface area contributed by atoms with Crippen LogP contribution in [0.2, 0.25) is 0 Å². The minimum absolute atomic E-state index is 0.334. The van der Waals surface area contributed by atoms with Gasteiger partial charge in [-0.1, -0.05) is 0 Å². The lowest BCUT2D eigenvalue weighted by molar-refractivity contribution is 1.01. The van der Waals surface area contributed by atoms with Crippen molar-refractivity contribution in [3.8, 4) is 0 Å². The van der Waals surface area contributed by atoms with Crippen LogP contribution in [0, 0.1) is 13.8 Å². The summed E-state index contributed by atoms with van der Waals surface area (Å²) in [4.78, 5) is 65.3. The normalized spacial score (nSPS) is 8.87. The van der Waals surface area contributed by atoms with Gasteiger partial charge < -0.3 is 9.97 Å². The highest BCUT2D eigenvalue weighted by Crippen LogP contribution is 1.74. The van der Waals surface area contributed by atoms with Gasteiger partial charge in [0.25, 0.3) is 11.1 Å². The van der Waals surface area contributed by atoms with Crippen LogP contribution in [0.5, 0.6) is 0 Å². The Balaban J connectivity index is 0.000000204. The highest BCUT2D eigenvalue weighted by molar-refractivity contribution is 4.99. The first-order valence-electron chi connectivity index (χ1n) is 8.37. The molecule has 0 atom stereocenters. The summed E-state index contributed by atoms with van der Waals surface area (Å²) in [5.41, 5.74) is -0.585. The van der Waals surface area contributed by atoms with Gasteiger partial charge in [0.2, 0.25) is 0 Å². The van der Waals surface area contributed by atoms with Gasteiger partial charge in [-0.2, -0.15) is 0 Å². The Hall–Kier alpha value is -4.48. The maximum absolute atomic E-state index is 10.6. The molecule has 4 N–H and O–H groups in total. The second-order valence-electron chi connectivity index (χ2n) is 5.32. The molecule has 0 aliphatic rings. The minimum atomic E-state index is -0.467. The molecule has 4 heterocycles. The largest absolute Gasteiger partial charge is 0.325 e. The highest BCUT2D eigenvalue weighted by Gasteiger charge is 1.89. The van der Waals surface area contributed by atoms with Gasteiger partial charge in [-0.15, -0.1) is 0 Å². The van der Waals surface area contributed by atoms with Gasteiger partial charge in [-0.25, -0.2) is 29.5 Å². The average Bonchev–Trinajstić information content (AvgIpc) is 2.78. The third kappa shape index (κ3) is 10.6. The predicted octanol–water partition coefficient (Wildman–Crippen LogP) is -0.304. The lowest BCUT2D eigenvalue weighted by Gasteiger charge is -1.84. The van der Waals surface area contributed by atoms with Crippen LogP contribution in [0.3, 0.4) is 0 Å². The van der Waals surface area contributed by atoms with Crippen molar-refractivity contribution in [1.82, 2.24) is 39.9 Å². The molecule has 0 fully saturated rings. The maximum Gasteiger partial charge on any atom is 0.325 e. The molecule has 12 heteroatoms. The van der Waals surface area contributed by atoms with Gasteiger partial charge >= 0.3 is 11.4 Å². The average molecular weight is 412 g/mol. The van der Waals surface area contributed by atoms with Gasteiger partial charge in [0.15, 0.2) is 0 Å². The number of aromatic amines is 4. The first-order valence-corrected chi connectivity index (χ1v) is 8.37. The Bertz CT molecular complexity index is 1050. The van der Waals surface area contributed by atoms with E-state index < -0.39 is 11.4 Å². The van der Waals surface area contributed by atoms with E-state index in [4.69, 9.17) is 0 Å². The van der Waals surface area contributed by atoms with Gasteiger partial charge in [-0.05, 0) is 26.0 Å². The summed E-state index contributed by atoms with van der Waals surface area (Å²) in [5, 5.41) is 0. The summed E-state index contributed by atoms with van der Waals surface area (Å²) >= 11 is 0. The molecule has 4 rings (SSSR count). The maximum atomic E-state index is 10.6. The zero-order valence-corrected chi connectivity index (χ0v) is 16.2. The fourth-order valence-corrected chi connectivity index (χ4v) is 1.46. The molecule has 0 aliphatic heterocycles. The van der Waals surface area contributed by atoms with Crippen LogP contribution >= 0.6 is 0 Å². The molecule has 4 aromatic rings. The first-order chi connectivity index (χ1) is 14.4. The fourth-order valence-electron chi connectivity index (χ4n) is 1.46. The molecular weight excluding hydrogens is 392 g/mol. The predicted molar refractivity (Wildman–Crippen MR) is 109 cm³/mol. The Labute approximate surface area is 169 Å². The van der Waals surface area contributed by atoms with Crippen molar-refractivity contribution in [3.63, 3.8) is 0 Å². The monoisotopic (exact) mass is 412 g/mol. The smallest absolute Gasteiger partial charge is 0.314 e. The van der Waals surface area contributed by atoms with Crippen molar-refractivity contribution < 1.29 is 0 Å². The molecule has 156 valence electrons. The lowest BCUT2D eigenvalue weighted by Crippen LogP contribution is -2.22. The lowest BCUT2D eigenvalue weighted by atomic mass is 10.4. The number of hydrogen-bond donors (Lipinski definition) is 4. The molecular formula is C18H20N8O4. The standard InChI is InChI=1S/2C5H6N2O2.2C4H4N2/c2*1-3-2-6-5(9)7-4(3)8;2*1-2-5-4-6-3-1/h2*2H,1H3,(H2,6,7,8,9);2*1-4H. The molecule has 0 aromatic carbocycles. The van der Waals surface area contributed by atoms with E-state index in [2.05, 4.69) is 39.9 Å². The van der Waals surface area contributed by atoms with E-state index in [1.54, 1.807) is 50.8 Å². The van der Waals surface area contributed by atoms with E-state index in [-0.39, 0.29) is 11.1 Å². The van der Waals surface area contributed by atoms with Crippen LogP contribution in [0.1, 0.15) is 11.1 Å². The second-order valence-corrected chi connectivity index (χ2v) is 5.32. The Morgan fingerprint density at radius 2 is 0.933 bits per heavy atom. The van der Waals surface area contributed by atoms with Gasteiger partial charge in [-0.3, -0.25) is 19.6 Å². The number of rotatable bonds is 0.